The third kappa shape index (κ3) is 3.87. The lowest BCUT2D eigenvalue weighted by Gasteiger charge is -2.35. The molecule has 2 atom stereocenters. The van der Waals surface area contributed by atoms with Crippen molar-refractivity contribution in [1.29, 1.82) is 0 Å². The largest absolute Gasteiger partial charge is 0.335 e. The zero-order valence-electron chi connectivity index (χ0n) is 15.2. The predicted octanol–water partition coefficient (Wildman–Crippen LogP) is 1.18. The van der Waals surface area contributed by atoms with Gasteiger partial charge in [-0.1, -0.05) is 25.0 Å². The number of nitrogens with two attached hydrogens (primary N) is 1. The van der Waals surface area contributed by atoms with Crippen LogP contribution in [0.5, 0.6) is 0 Å². The van der Waals surface area contributed by atoms with E-state index < -0.39 is 10.0 Å². The summed E-state index contributed by atoms with van der Waals surface area (Å²) in [5.74, 6) is 0.345. The van der Waals surface area contributed by atoms with Crippen molar-refractivity contribution in [3.8, 4) is 0 Å². The molecule has 1 heterocycles. The second-order valence-electron chi connectivity index (χ2n) is 7.11. The number of carbonyl (C=O) groups excluding carboxylic acids is 1. The summed E-state index contributed by atoms with van der Waals surface area (Å²) in [6.07, 6.45) is 4.87. The number of nitrogens with zero attached hydrogens (tertiary/aromatic N) is 1. The van der Waals surface area contributed by atoms with Gasteiger partial charge in [0.1, 0.15) is 0 Å². The smallest absolute Gasteiger partial charge is 0.317 e. The zero-order valence-corrected chi connectivity index (χ0v) is 16.0. The van der Waals surface area contributed by atoms with Crippen molar-refractivity contribution >= 4 is 16.1 Å². The van der Waals surface area contributed by atoms with Gasteiger partial charge in [-0.25, -0.2) is 17.9 Å². The van der Waals surface area contributed by atoms with Crippen LogP contribution in [0, 0.1) is 5.92 Å². The lowest BCUT2D eigenvalue weighted by molar-refractivity contribution is 0.175. The topological polar surface area (TPSA) is 105 Å². The molecule has 1 aromatic rings. The highest BCUT2D eigenvalue weighted by Crippen LogP contribution is 2.27. The Balaban J connectivity index is 1.72. The minimum Gasteiger partial charge on any atom is -0.335 e. The first-order valence-electron chi connectivity index (χ1n) is 9.26. The van der Waals surface area contributed by atoms with Gasteiger partial charge in [0.05, 0.1) is 4.90 Å². The number of hydrogen-bond donors (Lipinski definition) is 3. The molecule has 7 nitrogen and oxygen atoms in total. The van der Waals surface area contributed by atoms with Crippen LogP contribution in [0.3, 0.4) is 0 Å². The Labute approximate surface area is 155 Å². The summed E-state index contributed by atoms with van der Waals surface area (Å²) in [4.78, 5) is 14.8. The highest BCUT2D eigenvalue weighted by molar-refractivity contribution is 7.89. The van der Waals surface area contributed by atoms with E-state index in [1.54, 1.807) is 17.0 Å². The van der Waals surface area contributed by atoms with Crippen molar-refractivity contribution in [2.45, 2.75) is 49.6 Å². The summed E-state index contributed by atoms with van der Waals surface area (Å²) < 4.78 is 26.8. The highest BCUT2D eigenvalue weighted by atomic mass is 32.2. The van der Waals surface area contributed by atoms with Crippen molar-refractivity contribution in [3.63, 3.8) is 0 Å². The van der Waals surface area contributed by atoms with Gasteiger partial charge in [-0.15, -0.1) is 0 Å². The van der Waals surface area contributed by atoms with E-state index in [1.807, 2.05) is 6.07 Å². The normalized spacial score (nSPS) is 23.4. The molecule has 26 heavy (non-hydrogen) atoms. The average molecular weight is 381 g/mol. The summed E-state index contributed by atoms with van der Waals surface area (Å²) >= 11 is 0. The number of urea groups is 1. The lowest BCUT2D eigenvalue weighted by Crippen LogP contribution is -2.51. The monoisotopic (exact) mass is 380 g/mol. The first kappa shape index (κ1) is 19.1. The Hall–Kier alpha value is -1.64. The molecule has 1 saturated carbocycles. The second kappa shape index (κ2) is 7.94. The van der Waals surface area contributed by atoms with Crippen LogP contribution >= 0.6 is 0 Å². The Bertz CT molecular complexity index is 766. The third-order valence-corrected chi connectivity index (χ3v) is 7.09. The molecule has 0 radical (unpaired) electrons. The Kier molecular flexibility index (Phi) is 5.84. The number of nitrogens with one attached hydrogen (secondary N) is 2. The van der Waals surface area contributed by atoms with Crippen LogP contribution in [0.1, 0.15) is 36.8 Å². The molecule has 2 unspecified atom stereocenters. The van der Waals surface area contributed by atoms with Crippen molar-refractivity contribution < 1.29 is 13.2 Å². The van der Waals surface area contributed by atoms with Crippen LogP contribution in [0.2, 0.25) is 0 Å². The van der Waals surface area contributed by atoms with Crippen molar-refractivity contribution in [2.24, 2.45) is 11.7 Å². The summed E-state index contributed by atoms with van der Waals surface area (Å²) in [5, 5.41) is 3.15. The van der Waals surface area contributed by atoms with E-state index in [9.17, 15) is 13.2 Å². The van der Waals surface area contributed by atoms with E-state index in [4.69, 9.17) is 5.73 Å². The minimum atomic E-state index is -3.49. The van der Waals surface area contributed by atoms with E-state index >= 15 is 0 Å². The van der Waals surface area contributed by atoms with Crippen LogP contribution in [0.15, 0.2) is 23.1 Å². The van der Waals surface area contributed by atoms with Gasteiger partial charge in [0, 0.05) is 19.1 Å². The van der Waals surface area contributed by atoms with E-state index in [-0.39, 0.29) is 12.1 Å². The fourth-order valence-corrected chi connectivity index (χ4v) is 5.07. The first-order chi connectivity index (χ1) is 12.5. The molecule has 2 amide bonds. The summed E-state index contributed by atoms with van der Waals surface area (Å²) in [5.41, 5.74) is 7.55. The van der Waals surface area contributed by atoms with Gasteiger partial charge in [-0.3, -0.25) is 0 Å². The molecule has 144 valence electrons. The first-order valence-corrected chi connectivity index (χ1v) is 10.7. The maximum absolute atomic E-state index is 12.7. The molecule has 4 N–H and O–H groups in total. The Morgan fingerprint density at radius 3 is 2.81 bits per heavy atom. The van der Waals surface area contributed by atoms with Crippen LogP contribution in [0.25, 0.3) is 0 Å². The van der Waals surface area contributed by atoms with Crippen molar-refractivity contribution in [3.05, 3.63) is 29.3 Å². The molecule has 1 aliphatic heterocycles. The summed E-state index contributed by atoms with van der Waals surface area (Å²) in [6.45, 7) is 1.53. The van der Waals surface area contributed by atoms with E-state index in [0.29, 0.717) is 36.9 Å². The van der Waals surface area contributed by atoms with Crippen LogP contribution in [0.4, 0.5) is 4.79 Å². The van der Waals surface area contributed by atoms with Gasteiger partial charge >= 0.3 is 6.03 Å². The molecular weight excluding hydrogens is 352 g/mol. The molecule has 3 rings (SSSR count). The number of rotatable bonds is 4. The van der Waals surface area contributed by atoms with Crippen LogP contribution < -0.4 is 15.8 Å². The fraction of sp³-hybridized carbons (Fsp3) is 0.611. The van der Waals surface area contributed by atoms with Gasteiger partial charge < -0.3 is 16.0 Å². The molecule has 1 aliphatic carbocycles. The molecular formula is C18H28N4O3S. The van der Waals surface area contributed by atoms with Gasteiger partial charge in [-0.2, -0.15) is 0 Å². The maximum Gasteiger partial charge on any atom is 0.317 e. The van der Waals surface area contributed by atoms with E-state index in [0.717, 1.165) is 30.4 Å². The standard InChI is InChI=1S/C18H28N4O3S/c1-20-26(24,25)17-8-4-6-14-12-22(10-9-15(14)17)18(23)21-16-7-3-2-5-13(16)11-19/h4,6,8,13,16,20H,2-3,5,7,9-12,19H2,1H3,(H,21,23). The number of hydrogen-bond acceptors (Lipinski definition) is 4. The molecule has 2 aliphatic rings. The van der Waals surface area contributed by atoms with E-state index in [2.05, 4.69) is 10.0 Å². The minimum absolute atomic E-state index is 0.0807. The van der Waals surface area contributed by atoms with E-state index in [1.165, 1.54) is 13.5 Å². The number of carbonyl (C=O) groups is 1. The molecule has 0 spiro atoms. The Morgan fingerprint density at radius 1 is 1.31 bits per heavy atom. The van der Waals surface area contributed by atoms with Crippen molar-refractivity contribution in [1.82, 2.24) is 14.9 Å². The second-order valence-corrected chi connectivity index (χ2v) is 8.96. The maximum atomic E-state index is 12.7. The van der Waals surface area contributed by atoms with Gasteiger partial charge in [0.15, 0.2) is 0 Å². The predicted molar refractivity (Wildman–Crippen MR) is 100 cm³/mol. The molecule has 8 heteroatoms. The summed E-state index contributed by atoms with van der Waals surface area (Å²) in [7, 11) is -2.08. The van der Waals surface area contributed by atoms with Crippen molar-refractivity contribution in [2.75, 3.05) is 20.1 Å². The lowest BCUT2D eigenvalue weighted by atomic mass is 9.84. The summed E-state index contributed by atoms with van der Waals surface area (Å²) in [6, 6.07) is 5.30. The zero-order chi connectivity index (χ0) is 18.7. The van der Waals surface area contributed by atoms with Gasteiger partial charge in [0.25, 0.3) is 0 Å². The number of benzene rings is 1. The average Bonchev–Trinajstić information content (AvgIpc) is 2.67. The Morgan fingerprint density at radius 2 is 2.08 bits per heavy atom. The quantitative estimate of drug-likeness (QED) is 0.729. The number of amides is 2. The SMILES string of the molecule is CNS(=O)(=O)c1cccc2c1CCN(C(=O)NC1CCCCC1CN)C2. The highest BCUT2D eigenvalue weighted by Gasteiger charge is 2.30. The fourth-order valence-electron chi connectivity index (χ4n) is 4.04. The third-order valence-electron chi connectivity index (χ3n) is 5.59. The van der Waals surface area contributed by atoms with Gasteiger partial charge in [0.2, 0.25) is 10.0 Å². The molecule has 1 fully saturated rings. The molecule has 0 aromatic heterocycles. The van der Waals surface area contributed by atoms with Gasteiger partial charge in [-0.05, 0) is 56.0 Å². The van der Waals surface area contributed by atoms with Crippen LogP contribution in [-0.2, 0) is 23.0 Å². The number of sulfonamides is 1. The molecule has 1 aromatic carbocycles. The molecule has 0 bridgehead atoms. The van der Waals surface area contributed by atoms with Crippen LogP contribution in [-0.4, -0.2) is 45.5 Å². The number of fused-ring (bicyclic) bond motifs is 1. The molecule has 0 saturated heterocycles.